The minimum absolute atomic E-state index is 0.0317. The maximum Gasteiger partial charge on any atom is 0.435 e. The number of anilines is 2. The van der Waals surface area contributed by atoms with Crippen LogP contribution in [0.5, 0.6) is 0 Å². The third-order valence-corrected chi connectivity index (χ3v) is 5.47. The van der Waals surface area contributed by atoms with Gasteiger partial charge in [0.05, 0.1) is 11.1 Å². The number of aromatic nitrogens is 4. The van der Waals surface area contributed by atoms with Gasteiger partial charge in [0.25, 0.3) is 0 Å². The van der Waals surface area contributed by atoms with Gasteiger partial charge in [0.15, 0.2) is 28.8 Å². The molecule has 0 radical (unpaired) electrons. The molecule has 0 atom stereocenters. The van der Waals surface area contributed by atoms with E-state index in [-0.39, 0.29) is 11.6 Å². The maximum absolute atomic E-state index is 13.7. The number of alkyl halides is 6. The Morgan fingerprint density at radius 2 is 1.03 bits per heavy atom. The Kier molecular flexibility index (Phi) is 6.58. The first-order valence-electron chi connectivity index (χ1n) is 10.4. The van der Waals surface area contributed by atoms with Gasteiger partial charge < -0.3 is 20.4 Å². The Labute approximate surface area is 189 Å². The number of hydrogen-bond donors (Lipinski definition) is 2. The first-order chi connectivity index (χ1) is 16.1. The summed E-state index contributed by atoms with van der Waals surface area (Å²) in [7, 11) is 0. The average Bonchev–Trinajstić information content (AvgIpc) is 2.83. The van der Waals surface area contributed by atoms with Crippen molar-refractivity contribution < 1.29 is 31.1 Å². The Morgan fingerprint density at radius 3 is 1.35 bits per heavy atom. The summed E-state index contributed by atoms with van der Waals surface area (Å²) in [5.74, 6) is -1.57. The normalized spacial score (nSPS) is 17.7. The standard InChI is InChI=1S/C19H20F6N8O/c20-18(21,22)16-11(9-13(28-30-16)32-5-1-26-2-6-32)15(34)12-10-14(33-7-3-27-4-8-33)29-31-17(12)19(23,24)25/h9-10,26-27H,1-8H2. The molecule has 15 heteroatoms. The van der Waals surface area contributed by atoms with E-state index in [1.807, 2.05) is 0 Å². The molecule has 2 fully saturated rings. The summed E-state index contributed by atoms with van der Waals surface area (Å²) in [5, 5.41) is 19.6. The highest BCUT2D eigenvalue weighted by molar-refractivity contribution is 6.11. The number of carbonyl (C=O) groups excluding carboxylic acids is 1. The van der Waals surface area contributed by atoms with E-state index in [1.54, 1.807) is 9.80 Å². The van der Waals surface area contributed by atoms with Gasteiger partial charge in [-0.05, 0) is 12.1 Å². The molecule has 0 aliphatic carbocycles. The van der Waals surface area contributed by atoms with Crippen molar-refractivity contribution in [2.45, 2.75) is 12.4 Å². The lowest BCUT2D eigenvalue weighted by Crippen LogP contribution is -2.44. The van der Waals surface area contributed by atoms with E-state index in [0.29, 0.717) is 52.4 Å². The van der Waals surface area contributed by atoms with E-state index in [2.05, 4.69) is 31.0 Å². The molecule has 34 heavy (non-hydrogen) atoms. The third-order valence-electron chi connectivity index (χ3n) is 5.47. The second-order valence-electron chi connectivity index (χ2n) is 7.73. The fourth-order valence-electron chi connectivity index (χ4n) is 3.77. The Bertz CT molecular complexity index is 967. The molecule has 2 aromatic heterocycles. The van der Waals surface area contributed by atoms with Crippen LogP contribution in [0.2, 0.25) is 0 Å². The fraction of sp³-hybridized carbons (Fsp3) is 0.526. The van der Waals surface area contributed by atoms with Crippen molar-refractivity contribution in [1.82, 2.24) is 31.0 Å². The van der Waals surface area contributed by atoms with Crippen LogP contribution in [0.3, 0.4) is 0 Å². The highest BCUT2D eigenvalue weighted by atomic mass is 19.4. The number of nitrogens with one attached hydrogen (secondary N) is 2. The van der Waals surface area contributed by atoms with Crippen molar-refractivity contribution in [3.63, 3.8) is 0 Å². The van der Waals surface area contributed by atoms with Gasteiger partial charge in [-0.3, -0.25) is 4.79 Å². The van der Waals surface area contributed by atoms with Crippen LogP contribution in [0.1, 0.15) is 27.3 Å². The van der Waals surface area contributed by atoms with E-state index in [4.69, 9.17) is 0 Å². The molecule has 2 N–H and O–H groups in total. The van der Waals surface area contributed by atoms with Gasteiger partial charge in [-0.2, -0.15) is 26.3 Å². The molecule has 4 heterocycles. The van der Waals surface area contributed by atoms with Crippen LogP contribution in [0.4, 0.5) is 38.0 Å². The Balaban J connectivity index is 1.82. The summed E-state index contributed by atoms with van der Waals surface area (Å²) in [5.41, 5.74) is -5.38. The number of nitrogens with zero attached hydrogens (tertiary/aromatic N) is 6. The number of ketones is 1. The van der Waals surface area contributed by atoms with E-state index in [0.717, 1.165) is 12.1 Å². The lowest BCUT2D eigenvalue weighted by molar-refractivity contribution is -0.142. The van der Waals surface area contributed by atoms with Crippen LogP contribution in [0.25, 0.3) is 0 Å². The molecule has 0 bridgehead atoms. The molecule has 2 aromatic rings. The molecule has 0 amide bonds. The van der Waals surface area contributed by atoms with Crippen LogP contribution in [0.15, 0.2) is 12.1 Å². The van der Waals surface area contributed by atoms with Gasteiger partial charge in [0.2, 0.25) is 0 Å². The predicted molar refractivity (Wildman–Crippen MR) is 108 cm³/mol. The van der Waals surface area contributed by atoms with Gasteiger partial charge >= 0.3 is 12.4 Å². The number of hydrogen-bond acceptors (Lipinski definition) is 9. The quantitative estimate of drug-likeness (QED) is 0.486. The summed E-state index contributed by atoms with van der Waals surface area (Å²) in [6, 6.07) is 1.68. The fourth-order valence-corrected chi connectivity index (χ4v) is 3.77. The lowest BCUT2D eigenvalue weighted by Gasteiger charge is -2.29. The van der Waals surface area contributed by atoms with Crippen LogP contribution in [-0.2, 0) is 12.4 Å². The zero-order valence-corrected chi connectivity index (χ0v) is 17.7. The first kappa shape index (κ1) is 24.1. The minimum Gasteiger partial charge on any atom is -0.353 e. The summed E-state index contributed by atoms with van der Waals surface area (Å²) in [6.45, 7) is 3.60. The zero-order valence-electron chi connectivity index (χ0n) is 17.7. The van der Waals surface area contributed by atoms with Crippen LogP contribution in [-0.4, -0.2) is 78.5 Å². The average molecular weight is 490 g/mol. The molecule has 0 aromatic carbocycles. The molecule has 0 unspecified atom stereocenters. The second kappa shape index (κ2) is 9.29. The van der Waals surface area contributed by atoms with Gasteiger partial charge in [-0.15, -0.1) is 20.4 Å². The molecule has 2 aliphatic rings. The molecule has 9 nitrogen and oxygen atoms in total. The smallest absolute Gasteiger partial charge is 0.353 e. The number of rotatable bonds is 4. The van der Waals surface area contributed by atoms with Crippen molar-refractivity contribution in [2.24, 2.45) is 0 Å². The summed E-state index contributed by atoms with van der Waals surface area (Å²) in [4.78, 5) is 16.5. The van der Waals surface area contributed by atoms with Gasteiger partial charge in [-0.1, -0.05) is 0 Å². The molecule has 2 aliphatic heterocycles. The second-order valence-corrected chi connectivity index (χ2v) is 7.73. The van der Waals surface area contributed by atoms with Crippen LogP contribution >= 0.6 is 0 Å². The number of halogens is 6. The van der Waals surface area contributed by atoms with Crippen molar-refractivity contribution >= 4 is 17.4 Å². The highest BCUT2D eigenvalue weighted by Crippen LogP contribution is 2.36. The molecule has 184 valence electrons. The molecule has 2 saturated heterocycles. The molecule has 4 rings (SSSR count). The Hall–Kier alpha value is -3.07. The Morgan fingerprint density at radius 1 is 0.676 bits per heavy atom. The topological polar surface area (TPSA) is 99.2 Å². The summed E-state index contributed by atoms with van der Waals surface area (Å²) in [6.07, 6.45) is -10.2. The largest absolute Gasteiger partial charge is 0.435 e. The lowest BCUT2D eigenvalue weighted by atomic mass is 10.00. The SMILES string of the molecule is O=C(c1cc(N2CCNCC2)nnc1C(F)(F)F)c1cc(N2CCNCC2)nnc1C(F)(F)F. The van der Waals surface area contributed by atoms with Crippen molar-refractivity contribution in [3.8, 4) is 0 Å². The predicted octanol–water partition coefficient (Wildman–Crippen LogP) is 1.35. The van der Waals surface area contributed by atoms with Gasteiger partial charge in [0, 0.05) is 52.4 Å². The van der Waals surface area contributed by atoms with Gasteiger partial charge in [0.1, 0.15) is 0 Å². The van der Waals surface area contributed by atoms with E-state index in [9.17, 15) is 31.1 Å². The number of carbonyl (C=O) groups is 1. The molecular weight excluding hydrogens is 470 g/mol. The van der Waals surface area contributed by atoms with E-state index >= 15 is 0 Å². The molecule has 0 spiro atoms. The van der Waals surface area contributed by atoms with E-state index in [1.165, 1.54) is 0 Å². The van der Waals surface area contributed by atoms with Gasteiger partial charge in [-0.25, -0.2) is 0 Å². The number of piperazine rings is 2. The molecule has 0 saturated carbocycles. The first-order valence-corrected chi connectivity index (χ1v) is 10.4. The summed E-state index contributed by atoms with van der Waals surface area (Å²) >= 11 is 0. The maximum atomic E-state index is 13.7. The molecular formula is C19H20F6N8O. The van der Waals surface area contributed by atoms with Crippen molar-refractivity contribution in [2.75, 3.05) is 62.2 Å². The van der Waals surface area contributed by atoms with Crippen LogP contribution < -0.4 is 20.4 Å². The van der Waals surface area contributed by atoms with Crippen LogP contribution in [0, 0.1) is 0 Å². The zero-order chi connectivity index (χ0) is 24.5. The van der Waals surface area contributed by atoms with Crippen molar-refractivity contribution in [3.05, 3.63) is 34.6 Å². The third kappa shape index (κ3) is 5.04. The van der Waals surface area contributed by atoms with E-state index < -0.39 is 40.7 Å². The highest BCUT2D eigenvalue weighted by Gasteiger charge is 2.43. The monoisotopic (exact) mass is 490 g/mol. The summed E-state index contributed by atoms with van der Waals surface area (Å²) < 4.78 is 82.0. The minimum atomic E-state index is -5.11. The van der Waals surface area contributed by atoms with Crippen molar-refractivity contribution in [1.29, 1.82) is 0 Å².